The Hall–Kier alpha value is -1.26. The first kappa shape index (κ1) is 9.30. The van der Waals surface area contributed by atoms with Crippen LogP contribution in [0.2, 0.25) is 0 Å². The highest BCUT2D eigenvalue weighted by atomic mass is 16.5. The predicted molar refractivity (Wildman–Crippen MR) is 54.9 cm³/mol. The van der Waals surface area contributed by atoms with E-state index < -0.39 is 0 Å². The molecule has 0 aromatic heterocycles. The van der Waals surface area contributed by atoms with Crippen molar-refractivity contribution in [3.05, 3.63) is 24.3 Å². The van der Waals surface area contributed by atoms with Crippen LogP contribution in [0.4, 0.5) is 11.4 Å². The Labute approximate surface area is 83.1 Å². The zero-order valence-corrected chi connectivity index (χ0v) is 7.94. The van der Waals surface area contributed by atoms with Crippen LogP contribution in [0, 0.1) is 0 Å². The van der Waals surface area contributed by atoms with Crippen LogP contribution in [0.25, 0.3) is 0 Å². The van der Waals surface area contributed by atoms with Crippen LogP contribution in [-0.2, 0) is 4.74 Å². The maximum absolute atomic E-state index is 8.66. The fraction of sp³-hybridized carbons (Fsp3) is 0.400. The van der Waals surface area contributed by atoms with Crippen molar-refractivity contribution < 1.29 is 9.94 Å². The topological polar surface area (TPSA) is 44.7 Å². The molecule has 0 radical (unpaired) electrons. The second-order valence-corrected chi connectivity index (χ2v) is 3.26. The van der Waals surface area contributed by atoms with E-state index in [0.717, 1.165) is 26.3 Å². The lowest BCUT2D eigenvalue weighted by Gasteiger charge is -2.28. The van der Waals surface area contributed by atoms with Gasteiger partial charge in [-0.25, -0.2) is 0 Å². The fourth-order valence-corrected chi connectivity index (χ4v) is 1.57. The highest BCUT2D eigenvalue weighted by molar-refractivity contribution is 5.54. The highest BCUT2D eigenvalue weighted by Crippen LogP contribution is 2.18. The molecule has 0 bridgehead atoms. The summed E-state index contributed by atoms with van der Waals surface area (Å²) in [5.41, 5.74) is 4.00. The molecule has 1 aromatic rings. The van der Waals surface area contributed by atoms with Crippen LogP contribution < -0.4 is 10.4 Å². The molecule has 0 unspecified atom stereocenters. The molecule has 76 valence electrons. The van der Waals surface area contributed by atoms with E-state index in [1.807, 2.05) is 24.3 Å². The van der Waals surface area contributed by atoms with Crippen LogP contribution >= 0.6 is 0 Å². The van der Waals surface area contributed by atoms with Gasteiger partial charge in [-0.3, -0.25) is 10.7 Å². The van der Waals surface area contributed by atoms with E-state index in [2.05, 4.69) is 10.4 Å². The first-order valence-electron chi connectivity index (χ1n) is 4.73. The van der Waals surface area contributed by atoms with Crippen molar-refractivity contribution in [3.63, 3.8) is 0 Å². The third-order valence-electron chi connectivity index (χ3n) is 2.37. The molecule has 1 aliphatic rings. The lowest BCUT2D eigenvalue weighted by Crippen LogP contribution is -2.36. The van der Waals surface area contributed by atoms with Gasteiger partial charge in [-0.2, -0.15) is 0 Å². The van der Waals surface area contributed by atoms with Gasteiger partial charge in [0, 0.05) is 18.8 Å². The SMILES string of the molecule is ONc1ccc(N2CCOCC2)cc1. The summed E-state index contributed by atoms with van der Waals surface area (Å²) in [6.07, 6.45) is 0. The molecular weight excluding hydrogens is 180 g/mol. The number of hydrogen-bond acceptors (Lipinski definition) is 4. The summed E-state index contributed by atoms with van der Waals surface area (Å²) in [6, 6.07) is 7.68. The van der Waals surface area contributed by atoms with E-state index in [9.17, 15) is 0 Å². The standard InChI is InChI=1S/C10H14N2O2/c13-11-9-1-3-10(4-2-9)12-5-7-14-8-6-12/h1-4,11,13H,5-8H2. The Balaban J connectivity index is 2.07. The summed E-state index contributed by atoms with van der Waals surface area (Å²) in [7, 11) is 0. The number of anilines is 2. The zero-order valence-electron chi connectivity index (χ0n) is 7.94. The number of hydrogen-bond donors (Lipinski definition) is 2. The molecule has 4 heteroatoms. The van der Waals surface area contributed by atoms with E-state index in [0.29, 0.717) is 5.69 Å². The smallest absolute Gasteiger partial charge is 0.0642 e. The van der Waals surface area contributed by atoms with Gasteiger partial charge in [0.2, 0.25) is 0 Å². The van der Waals surface area contributed by atoms with Gasteiger partial charge in [-0.05, 0) is 24.3 Å². The number of nitrogens with one attached hydrogen (secondary N) is 1. The molecule has 1 heterocycles. The molecule has 1 aliphatic heterocycles. The van der Waals surface area contributed by atoms with Crippen molar-refractivity contribution in [1.82, 2.24) is 0 Å². The molecular formula is C10H14N2O2. The maximum Gasteiger partial charge on any atom is 0.0642 e. The van der Waals surface area contributed by atoms with Crippen molar-refractivity contribution in [3.8, 4) is 0 Å². The van der Waals surface area contributed by atoms with E-state index in [-0.39, 0.29) is 0 Å². The maximum atomic E-state index is 8.66. The minimum Gasteiger partial charge on any atom is -0.378 e. The Bertz CT molecular complexity index is 281. The van der Waals surface area contributed by atoms with E-state index in [1.165, 1.54) is 5.69 Å². The molecule has 0 amide bonds. The lowest BCUT2D eigenvalue weighted by molar-refractivity contribution is 0.122. The molecule has 0 atom stereocenters. The summed E-state index contributed by atoms with van der Waals surface area (Å²) in [5.74, 6) is 0. The van der Waals surface area contributed by atoms with Crippen LogP contribution in [0.3, 0.4) is 0 Å². The van der Waals surface area contributed by atoms with Crippen molar-refractivity contribution in [1.29, 1.82) is 0 Å². The minimum atomic E-state index is 0.710. The second-order valence-electron chi connectivity index (χ2n) is 3.26. The molecule has 1 saturated heterocycles. The Morgan fingerprint density at radius 2 is 1.79 bits per heavy atom. The monoisotopic (exact) mass is 194 g/mol. The molecule has 0 aliphatic carbocycles. The summed E-state index contributed by atoms with van der Waals surface area (Å²) in [4.78, 5) is 2.27. The third kappa shape index (κ3) is 1.97. The average molecular weight is 194 g/mol. The summed E-state index contributed by atoms with van der Waals surface area (Å²) >= 11 is 0. The van der Waals surface area contributed by atoms with Crippen molar-refractivity contribution in [2.45, 2.75) is 0 Å². The van der Waals surface area contributed by atoms with Gasteiger partial charge in [0.15, 0.2) is 0 Å². The van der Waals surface area contributed by atoms with Gasteiger partial charge < -0.3 is 9.64 Å². The fourth-order valence-electron chi connectivity index (χ4n) is 1.57. The van der Waals surface area contributed by atoms with Gasteiger partial charge in [0.05, 0.1) is 18.9 Å². The van der Waals surface area contributed by atoms with Gasteiger partial charge in [-0.1, -0.05) is 0 Å². The van der Waals surface area contributed by atoms with Crippen molar-refractivity contribution in [2.75, 3.05) is 36.7 Å². The largest absolute Gasteiger partial charge is 0.378 e. The van der Waals surface area contributed by atoms with Gasteiger partial charge in [0.1, 0.15) is 0 Å². The lowest BCUT2D eigenvalue weighted by atomic mass is 10.2. The molecule has 2 rings (SSSR count). The van der Waals surface area contributed by atoms with E-state index >= 15 is 0 Å². The quantitative estimate of drug-likeness (QED) is 0.697. The number of rotatable bonds is 2. The van der Waals surface area contributed by atoms with Gasteiger partial charge in [0.25, 0.3) is 0 Å². The van der Waals surface area contributed by atoms with Crippen molar-refractivity contribution in [2.24, 2.45) is 0 Å². The summed E-state index contributed by atoms with van der Waals surface area (Å²) in [5, 5.41) is 8.66. The number of nitrogens with zero attached hydrogens (tertiary/aromatic N) is 1. The first-order valence-corrected chi connectivity index (χ1v) is 4.73. The average Bonchev–Trinajstić information content (AvgIpc) is 2.30. The Morgan fingerprint density at radius 3 is 2.36 bits per heavy atom. The third-order valence-corrected chi connectivity index (χ3v) is 2.37. The zero-order chi connectivity index (χ0) is 9.80. The molecule has 4 nitrogen and oxygen atoms in total. The first-order chi connectivity index (χ1) is 6.90. The van der Waals surface area contributed by atoms with E-state index in [1.54, 1.807) is 0 Å². The van der Waals surface area contributed by atoms with E-state index in [4.69, 9.17) is 9.94 Å². The Morgan fingerprint density at radius 1 is 1.14 bits per heavy atom. The number of ether oxygens (including phenoxy) is 1. The molecule has 1 fully saturated rings. The van der Waals surface area contributed by atoms with Crippen LogP contribution in [-0.4, -0.2) is 31.5 Å². The number of benzene rings is 1. The Kier molecular flexibility index (Phi) is 2.86. The van der Waals surface area contributed by atoms with Gasteiger partial charge >= 0.3 is 0 Å². The minimum absolute atomic E-state index is 0.710. The molecule has 2 N–H and O–H groups in total. The second kappa shape index (κ2) is 4.30. The number of morpholine rings is 1. The van der Waals surface area contributed by atoms with Gasteiger partial charge in [-0.15, -0.1) is 0 Å². The summed E-state index contributed by atoms with van der Waals surface area (Å²) < 4.78 is 5.27. The summed E-state index contributed by atoms with van der Waals surface area (Å²) in [6.45, 7) is 3.46. The van der Waals surface area contributed by atoms with Crippen LogP contribution in [0.5, 0.6) is 0 Å². The van der Waals surface area contributed by atoms with Crippen LogP contribution in [0.1, 0.15) is 0 Å². The normalized spacial score (nSPS) is 16.8. The molecule has 14 heavy (non-hydrogen) atoms. The predicted octanol–water partition coefficient (Wildman–Crippen LogP) is 1.32. The van der Waals surface area contributed by atoms with Crippen molar-refractivity contribution >= 4 is 11.4 Å². The molecule has 1 aromatic carbocycles. The molecule has 0 spiro atoms. The highest BCUT2D eigenvalue weighted by Gasteiger charge is 2.10. The van der Waals surface area contributed by atoms with Crippen LogP contribution in [0.15, 0.2) is 24.3 Å². The molecule has 0 saturated carbocycles.